The monoisotopic (exact) mass is 300 g/mol. The Labute approximate surface area is 118 Å². The van der Waals surface area contributed by atoms with Crippen LogP contribution in [0.15, 0.2) is 0 Å². The molecule has 8 heteroatoms. The van der Waals surface area contributed by atoms with Gasteiger partial charge in [-0.15, -0.1) is 0 Å². The molecule has 8 nitrogen and oxygen atoms in total. The topological polar surface area (TPSA) is 162 Å². The summed E-state index contributed by atoms with van der Waals surface area (Å²) in [5, 5.41) is 68.7. The van der Waals surface area contributed by atoms with Crippen molar-refractivity contribution in [1.29, 1.82) is 0 Å². The van der Waals surface area contributed by atoms with Crippen molar-refractivity contribution in [3.8, 4) is 0 Å². The summed E-state index contributed by atoms with van der Waals surface area (Å²) in [7, 11) is 0. The smallest absolute Gasteiger partial charge is 0.0821 e. The maximum absolute atomic E-state index is 8.93. The molecular formula is C12H28O8. The van der Waals surface area contributed by atoms with Gasteiger partial charge in [0, 0.05) is 38.3 Å². The lowest BCUT2D eigenvalue weighted by atomic mass is 10.0. The molecule has 8 N–H and O–H groups in total. The van der Waals surface area contributed by atoms with E-state index in [1.54, 1.807) is 0 Å². The molecule has 4 atom stereocenters. The van der Waals surface area contributed by atoms with Crippen molar-refractivity contribution in [3.05, 3.63) is 0 Å². The van der Waals surface area contributed by atoms with Crippen LogP contribution in [0, 0.1) is 11.8 Å². The third-order valence-electron chi connectivity index (χ3n) is 2.93. The Morgan fingerprint density at radius 1 is 0.500 bits per heavy atom. The summed E-state index contributed by atoms with van der Waals surface area (Å²) in [6, 6.07) is 0. The molecule has 0 fully saturated rings. The normalized spacial score (nSPS) is 16.8. The van der Waals surface area contributed by atoms with Crippen molar-refractivity contribution in [3.63, 3.8) is 0 Å². The highest BCUT2D eigenvalue weighted by Crippen LogP contribution is 2.07. The van der Waals surface area contributed by atoms with E-state index in [4.69, 9.17) is 40.9 Å². The van der Waals surface area contributed by atoms with Crippen LogP contribution < -0.4 is 0 Å². The number of aliphatic hydroxyl groups is 8. The van der Waals surface area contributed by atoms with E-state index in [1.165, 1.54) is 0 Å². The van der Waals surface area contributed by atoms with Crippen LogP contribution in [0.25, 0.3) is 0 Å². The molecule has 0 saturated carbocycles. The van der Waals surface area contributed by atoms with Crippen LogP contribution in [-0.4, -0.2) is 92.7 Å². The molecule has 0 rings (SSSR count). The summed E-state index contributed by atoms with van der Waals surface area (Å²) in [6.07, 6.45) is -1.20. The van der Waals surface area contributed by atoms with E-state index in [0.717, 1.165) is 0 Å². The van der Waals surface area contributed by atoms with Gasteiger partial charge in [0.05, 0.1) is 25.4 Å². The van der Waals surface area contributed by atoms with Crippen molar-refractivity contribution < 1.29 is 40.9 Å². The fourth-order valence-corrected chi connectivity index (χ4v) is 1.44. The second kappa shape index (κ2) is 15.1. The first-order valence-corrected chi connectivity index (χ1v) is 6.53. The maximum atomic E-state index is 8.93. The Morgan fingerprint density at radius 2 is 0.800 bits per heavy atom. The summed E-state index contributed by atoms with van der Waals surface area (Å²) < 4.78 is 0. The molecule has 0 amide bonds. The highest BCUT2D eigenvalue weighted by Gasteiger charge is 2.16. The number of aliphatic hydroxyl groups excluding tert-OH is 8. The van der Waals surface area contributed by atoms with Crippen LogP contribution in [0.5, 0.6) is 0 Å². The van der Waals surface area contributed by atoms with E-state index < -0.39 is 24.0 Å². The van der Waals surface area contributed by atoms with Crippen molar-refractivity contribution in [2.45, 2.75) is 25.0 Å². The van der Waals surface area contributed by atoms with Crippen LogP contribution in [0.2, 0.25) is 0 Å². The fraction of sp³-hybridized carbons (Fsp3) is 1.00. The van der Waals surface area contributed by atoms with Gasteiger partial charge in [0.2, 0.25) is 0 Å². The van der Waals surface area contributed by atoms with E-state index in [0.29, 0.717) is 12.8 Å². The average molecular weight is 300 g/mol. The SMILES string of the molecule is OCCC(CO)C(O)CO.OCCC(CO)C(O)CO. The zero-order chi connectivity index (χ0) is 16.0. The van der Waals surface area contributed by atoms with Gasteiger partial charge in [-0.05, 0) is 12.8 Å². The minimum atomic E-state index is -0.919. The molecule has 0 aliphatic rings. The molecule has 0 saturated heterocycles. The van der Waals surface area contributed by atoms with Gasteiger partial charge in [0.15, 0.2) is 0 Å². The quantitative estimate of drug-likeness (QED) is 0.208. The molecule has 0 aromatic heterocycles. The molecule has 0 spiro atoms. The third kappa shape index (κ3) is 10.5. The largest absolute Gasteiger partial charge is 0.396 e. The molecule has 0 heterocycles. The molecule has 124 valence electrons. The summed E-state index contributed by atoms with van der Waals surface area (Å²) in [5.74, 6) is -0.815. The second-order valence-corrected chi connectivity index (χ2v) is 4.41. The lowest BCUT2D eigenvalue weighted by molar-refractivity contribution is 0.0125. The minimum absolute atomic E-state index is 0.0811. The van der Waals surface area contributed by atoms with Crippen molar-refractivity contribution in [1.82, 2.24) is 0 Å². The molecular weight excluding hydrogens is 272 g/mol. The summed E-state index contributed by atoms with van der Waals surface area (Å²) in [6.45, 7) is -1.31. The lowest BCUT2D eigenvalue weighted by Crippen LogP contribution is -2.27. The van der Waals surface area contributed by atoms with Crippen LogP contribution in [0.3, 0.4) is 0 Å². The van der Waals surface area contributed by atoms with E-state index >= 15 is 0 Å². The highest BCUT2D eigenvalue weighted by molar-refractivity contribution is 4.66. The van der Waals surface area contributed by atoms with Gasteiger partial charge in [-0.1, -0.05) is 0 Å². The maximum Gasteiger partial charge on any atom is 0.0821 e. The van der Waals surface area contributed by atoms with E-state index in [9.17, 15) is 0 Å². The molecule has 0 radical (unpaired) electrons. The Morgan fingerprint density at radius 3 is 0.950 bits per heavy atom. The van der Waals surface area contributed by atoms with Crippen molar-refractivity contribution in [2.24, 2.45) is 11.8 Å². The lowest BCUT2D eigenvalue weighted by Gasteiger charge is -2.16. The second-order valence-electron chi connectivity index (χ2n) is 4.41. The van der Waals surface area contributed by atoms with Gasteiger partial charge >= 0.3 is 0 Å². The van der Waals surface area contributed by atoms with Crippen molar-refractivity contribution >= 4 is 0 Å². The van der Waals surface area contributed by atoms with Gasteiger partial charge in [-0.2, -0.15) is 0 Å². The summed E-state index contributed by atoms with van der Waals surface area (Å²) >= 11 is 0. The summed E-state index contributed by atoms with van der Waals surface area (Å²) in [5.41, 5.74) is 0. The van der Waals surface area contributed by atoms with Crippen LogP contribution in [-0.2, 0) is 0 Å². The molecule has 0 aromatic carbocycles. The Hall–Kier alpha value is -0.320. The zero-order valence-electron chi connectivity index (χ0n) is 11.5. The molecule has 20 heavy (non-hydrogen) atoms. The molecule has 0 bridgehead atoms. The summed E-state index contributed by atoms with van der Waals surface area (Å²) in [4.78, 5) is 0. The molecule has 0 aliphatic carbocycles. The van der Waals surface area contributed by atoms with Gasteiger partial charge in [-0.25, -0.2) is 0 Å². The molecule has 0 aromatic rings. The van der Waals surface area contributed by atoms with Crippen LogP contribution >= 0.6 is 0 Å². The first kappa shape index (κ1) is 22.0. The van der Waals surface area contributed by atoms with Gasteiger partial charge in [0.1, 0.15) is 0 Å². The Bertz CT molecular complexity index is 172. The Balaban J connectivity index is 0. The molecule has 4 unspecified atom stereocenters. The van der Waals surface area contributed by atoms with Gasteiger partial charge in [-0.3, -0.25) is 0 Å². The minimum Gasteiger partial charge on any atom is -0.396 e. The number of hydrogen-bond acceptors (Lipinski definition) is 8. The molecule has 0 aliphatic heterocycles. The Kier molecular flexibility index (Phi) is 16.6. The average Bonchev–Trinajstić information content (AvgIpc) is 2.49. The first-order chi connectivity index (χ1) is 9.51. The standard InChI is InChI=1S/2C6H14O4/c2*7-2-1-5(3-8)6(10)4-9/h2*5-10H,1-4H2. The predicted molar refractivity (Wildman–Crippen MR) is 70.7 cm³/mol. The zero-order valence-corrected chi connectivity index (χ0v) is 11.5. The van der Waals surface area contributed by atoms with E-state index in [-0.39, 0.29) is 39.6 Å². The number of rotatable bonds is 10. The van der Waals surface area contributed by atoms with Gasteiger partial charge in [0.25, 0.3) is 0 Å². The van der Waals surface area contributed by atoms with Gasteiger partial charge < -0.3 is 40.9 Å². The highest BCUT2D eigenvalue weighted by atomic mass is 16.3. The fourth-order valence-electron chi connectivity index (χ4n) is 1.44. The van der Waals surface area contributed by atoms with Crippen LogP contribution in [0.4, 0.5) is 0 Å². The third-order valence-corrected chi connectivity index (χ3v) is 2.93. The van der Waals surface area contributed by atoms with E-state index in [2.05, 4.69) is 0 Å². The first-order valence-electron chi connectivity index (χ1n) is 6.53. The van der Waals surface area contributed by atoms with Crippen molar-refractivity contribution in [2.75, 3.05) is 39.6 Å². The number of hydrogen-bond donors (Lipinski definition) is 8. The predicted octanol–water partition coefficient (Wildman–Crippen LogP) is -3.34. The van der Waals surface area contributed by atoms with Crippen LogP contribution in [0.1, 0.15) is 12.8 Å². The van der Waals surface area contributed by atoms with E-state index in [1.807, 2.05) is 0 Å².